The normalized spacial score (nSPS) is 12.3. The van der Waals surface area contributed by atoms with Crippen molar-refractivity contribution in [3.8, 4) is 0 Å². The molecule has 2 aromatic carbocycles. The maximum atomic E-state index is 13.3. The van der Waals surface area contributed by atoms with Crippen LogP contribution in [0.15, 0.2) is 48.5 Å². The summed E-state index contributed by atoms with van der Waals surface area (Å²) < 4.78 is 13.3. The Morgan fingerprint density at radius 2 is 1.72 bits per heavy atom. The van der Waals surface area contributed by atoms with Gasteiger partial charge in [0.05, 0.1) is 6.42 Å². The molecular weight excluding hydrogens is 391 g/mol. The molecule has 0 spiro atoms. The minimum Gasteiger partial charge on any atom is -0.350 e. The number of nitrogens with one attached hydrogen (secondary N) is 1. The Labute approximate surface area is 177 Å². The van der Waals surface area contributed by atoms with Crippen molar-refractivity contribution in [2.24, 2.45) is 0 Å². The highest BCUT2D eigenvalue weighted by atomic mass is 35.5. The number of hydrogen-bond acceptors (Lipinski definition) is 2. The molecule has 0 aromatic heterocycles. The zero-order valence-corrected chi connectivity index (χ0v) is 18.1. The Kier molecular flexibility index (Phi) is 7.80. The van der Waals surface area contributed by atoms with E-state index in [0.717, 1.165) is 5.56 Å². The van der Waals surface area contributed by atoms with Crippen LogP contribution in [0.4, 0.5) is 4.39 Å². The molecule has 2 rings (SSSR count). The second kappa shape index (κ2) is 9.88. The average molecular weight is 419 g/mol. The molecule has 2 amide bonds. The zero-order chi connectivity index (χ0) is 21.6. The minimum atomic E-state index is -0.644. The van der Waals surface area contributed by atoms with Crippen molar-refractivity contribution in [2.45, 2.75) is 58.7 Å². The first kappa shape index (κ1) is 22.9. The Balaban J connectivity index is 2.32. The van der Waals surface area contributed by atoms with Crippen LogP contribution in [0.2, 0.25) is 5.02 Å². The summed E-state index contributed by atoms with van der Waals surface area (Å²) in [6.45, 7) is 7.77. The third-order valence-corrected chi connectivity index (χ3v) is 4.82. The Hall–Kier alpha value is -2.40. The van der Waals surface area contributed by atoms with Gasteiger partial charge in [0.1, 0.15) is 11.9 Å². The van der Waals surface area contributed by atoms with Gasteiger partial charge in [0.2, 0.25) is 11.8 Å². The van der Waals surface area contributed by atoms with E-state index >= 15 is 0 Å². The molecule has 0 fully saturated rings. The fourth-order valence-electron chi connectivity index (χ4n) is 3.07. The van der Waals surface area contributed by atoms with Crippen LogP contribution in [-0.2, 0) is 22.6 Å². The first-order valence-electron chi connectivity index (χ1n) is 9.70. The summed E-state index contributed by atoms with van der Waals surface area (Å²) in [5.41, 5.74) is 1.04. The first-order chi connectivity index (χ1) is 13.6. The molecule has 29 heavy (non-hydrogen) atoms. The quantitative estimate of drug-likeness (QED) is 0.705. The molecule has 4 nitrogen and oxygen atoms in total. The Morgan fingerprint density at radius 3 is 2.28 bits per heavy atom. The van der Waals surface area contributed by atoms with E-state index < -0.39 is 11.6 Å². The van der Waals surface area contributed by atoms with E-state index in [2.05, 4.69) is 5.32 Å². The number of carbonyl (C=O) groups excluding carboxylic acids is 2. The SMILES string of the molecule is CC[C@H](C(=O)NC(C)(C)C)N(Cc1ccc(F)cc1)C(=O)Cc1ccccc1Cl. The van der Waals surface area contributed by atoms with E-state index in [4.69, 9.17) is 11.6 Å². The number of halogens is 2. The number of amides is 2. The highest BCUT2D eigenvalue weighted by Crippen LogP contribution is 2.20. The van der Waals surface area contributed by atoms with Gasteiger partial charge >= 0.3 is 0 Å². The number of nitrogens with zero attached hydrogens (tertiary/aromatic N) is 1. The summed E-state index contributed by atoms with van der Waals surface area (Å²) >= 11 is 6.22. The summed E-state index contributed by atoms with van der Waals surface area (Å²) in [5.74, 6) is -0.770. The largest absolute Gasteiger partial charge is 0.350 e. The van der Waals surface area contributed by atoms with E-state index in [1.54, 1.807) is 35.2 Å². The summed E-state index contributed by atoms with van der Waals surface area (Å²) in [5, 5.41) is 3.47. The molecule has 156 valence electrons. The van der Waals surface area contributed by atoms with Gasteiger partial charge in [-0.2, -0.15) is 0 Å². The summed E-state index contributed by atoms with van der Waals surface area (Å²) in [4.78, 5) is 27.7. The average Bonchev–Trinajstić information content (AvgIpc) is 2.63. The molecule has 0 aliphatic rings. The lowest BCUT2D eigenvalue weighted by Gasteiger charge is -2.33. The maximum absolute atomic E-state index is 13.3. The van der Waals surface area contributed by atoms with Crippen LogP contribution in [-0.4, -0.2) is 28.3 Å². The molecule has 1 N–H and O–H groups in total. The maximum Gasteiger partial charge on any atom is 0.243 e. The summed E-state index contributed by atoms with van der Waals surface area (Å²) in [6.07, 6.45) is 0.539. The molecule has 0 radical (unpaired) electrons. The Morgan fingerprint density at radius 1 is 1.10 bits per heavy atom. The van der Waals surface area contributed by atoms with E-state index in [9.17, 15) is 14.0 Å². The van der Waals surface area contributed by atoms with Gasteiger partial charge in [0.15, 0.2) is 0 Å². The number of benzene rings is 2. The highest BCUT2D eigenvalue weighted by molar-refractivity contribution is 6.31. The van der Waals surface area contributed by atoms with Crippen molar-refractivity contribution >= 4 is 23.4 Å². The van der Waals surface area contributed by atoms with Crippen molar-refractivity contribution in [3.63, 3.8) is 0 Å². The van der Waals surface area contributed by atoms with Crippen LogP contribution in [0.1, 0.15) is 45.2 Å². The molecule has 0 bridgehead atoms. The van der Waals surface area contributed by atoms with E-state index in [0.29, 0.717) is 17.0 Å². The molecule has 0 saturated carbocycles. The van der Waals surface area contributed by atoms with Crippen LogP contribution in [0.3, 0.4) is 0 Å². The fraction of sp³-hybridized carbons (Fsp3) is 0.391. The van der Waals surface area contributed by atoms with Crippen molar-refractivity contribution in [1.29, 1.82) is 0 Å². The minimum absolute atomic E-state index is 0.0835. The van der Waals surface area contributed by atoms with Crippen molar-refractivity contribution in [2.75, 3.05) is 0 Å². The van der Waals surface area contributed by atoms with Crippen molar-refractivity contribution in [3.05, 3.63) is 70.5 Å². The second-order valence-electron chi connectivity index (χ2n) is 8.08. The lowest BCUT2D eigenvalue weighted by molar-refractivity contribution is -0.141. The molecule has 0 saturated heterocycles. The smallest absolute Gasteiger partial charge is 0.243 e. The summed E-state index contributed by atoms with van der Waals surface area (Å²) in [6, 6.07) is 12.5. The van der Waals surface area contributed by atoms with Crippen molar-refractivity contribution in [1.82, 2.24) is 10.2 Å². The van der Waals surface area contributed by atoms with E-state index in [1.807, 2.05) is 33.8 Å². The number of hydrogen-bond donors (Lipinski definition) is 1. The third-order valence-electron chi connectivity index (χ3n) is 4.45. The van der Waals surface area contributed by atoms with Crippen LogP contribution >= 0.6 is 11.6 Å². The van der Waals surface area contributed by atoms with Gasteiger partial charge in [-0.05, 0) is 56.5 Å². The molecule has 0 heterocycles. The molecule has 0 aliphatic heterocycles. The predicted octanol–water partition coefficient (Wildman–Crippen LogP) is 4.74. The fourth-order valence-corrected chi connectivity index (χ4v) is 3.27. The summed E-state index contributed by atoms with van der Waals surface area (Å²) in [7, 11) is 0. The van der Waals surface area contributed by atoms with Gasteiger partial charge < -0.3 is 10.2 Å². The highest BCUT2D eigenvalue weighted by Gasteiger charge is 2.30. The second-order valence-corrected chi connectivity index (χ2v) is 8.49. The Bertz CT molecular complexity index is 847. The van der Waals surface area contributed by atoms with Crippen LogP contribution in [0, 0.1) is 5.82 Å². The van der Waals surface area contributed by atoms with Gasteiger partial charge in [-0.15, -0.1) is 0 Å². The zero-order valence-electron chi connectivity index (χ0n) is 17.3. The molecule has 0 aliphatic carbocycles. The van der Waals surface area contributed by atoms with Gasteiger partial charge in [0.25, 0.3) is 0 Å². The predicted molar refractivity (Wildman–Crippen MR) is 114 cm³/mol. The molecule has 1 atom stereocenters. The lowest BCUT2D eigenvalue weighted by atomic mass is 10.0. The first-order valence-corrected chi connectivity index (χ1v) is 10.1. The van der Waals surface area contributed by atoms with E-state index in [1.165, 1.54) is 12.1 Å². The molecule has 6 heteroatoms. The van der Waals surface area contributed by atoms with Gasteiger partial charge in [-0.25, -0.2) is 4.39 Å². The van der Waals surface area contributed by atoms with Gasteiger partial charge in [-0.1, -0.05) is 48.9 Å². The lowest BCUT2D eigenvalue weighted by Crippen LogP contribution is -2.53. The number of carbonyl (C=O) groups is 2. The van der Waals surface area contributed by atoms with Crippen molar-refractivity contribution < 1.29 is 14.0 Å². The third kappa shape index (κ3) is 6.86. The van der Waals surface area contributed by atoms with Crippen LogP contribution in [0.25, 0.3) is 0 Å². The topological polar surface area (TPSA) is 49.4 Å². The molecule has 2 aromatic rings. The standard InChI is InChI=1S/C23H28ClFN2O2/c1-5-20(22(29)26-23(2,3)4)27(15-16-10-12-18(25)13-11-16)21(28)14-17-8-6-7-9-19(17)24/h6-13,20H,5,14-15H2,1-4H3,(H,26,29)/t20-/m1/s1. The monoisotopic (exact) mass is 418 g/mol. The van der Waals surface area contributed by atoms with Gasteiger partial charge in [0, 0.05) is 17.1 Å². The molecular formula is C23H28ClFN2O2. The van der Waals surface area contributed by atoms with Crippen LogP contribution in [0.5, 0.6) is 0 Å². The molecule has 0 unspecified atom stereocenters. The van der Waals surface area contributed by atoms with E-state index in [-0.39, 0.29) is 30.6 Å². The van der Waals surface area contributed by atoms with Gasteiger partial charge in [-0.3, -0.25) is 9.59 Å². The van der Waals surface area contributed by atoms with Crippen LogP contribution < -0.4 is 5.32 Å². The number of rotatable bonds is 7.